The number of carbonyl (C=O) groups excluding carboxylic acids is 1. The molecule has 5 nitrogen and oxygen atoms in total. The van der Waals surface area contributed by atoms with Crippen molar-refractivity contribution < 1.29 is 9.53 Å². The lowest BCUT2D eigenvalue weighted by atomic mass is 10.2. The van der Waals surface area contributed by atoms with Crippen molar-refractivity contribution in [1.82, 2.24) is 14.7 Å². The van der Waals surface area contributed by atoms with Gasteiger partial charge in [0, 0.05) is 24.3 Å². The minimum Gasteiger partial charge on any atom is -0.375 e. The van der Waals surface area contributed by atoms with E-state index < -0.39 is 0 Å². The molecule has 2 heterocycles. The molecule has 3 rings (SSSR count). The van der Waals surface area contributed by atoms with Gasteiger partial charge in [0.05, 0.1) is 31.0 Å². The number of aromatic nitrogens is 2. The van der Waals surface area contributed by atoms with Crippen molar-refractivity contribution in [3.63, 3.8) is 0 Å². The van der Waals surface area contributed by atoms with Gasteiger partial charge < -0.3 is 9.64 Å². The summed E-state index contributed by atoms with van der Waals surface area (Å²) in [5, 5.41) is 4.97. The zero-order valence-electron chi connectivity index (χ0n) is 12.4. The van der Waals surface area contributed by atoms with E-state index in [-0.39, 0.29) is 12.0 Å². The second kappa shape index (κ2) is 6.50. The summed E-state index contributed by atoms with van der Waals surface area (Å²) >= 11 is 6.15. The van der Waals surface area contributed by atoms with E-state index in [2.05, 4.69) is 5.10 Å². The lowest BCUT2D eigenvalue weighted by Crippen LogP contribution is -2.44. The Labute approximate surface area is 134 Å². The van der Waals surface area contributed by atoms with Crippen LogP contribution < -0.4 is 0 Å². The van der Waals surface area contributed by atoms with Crippen LogP contribution in [0.15, 0.2) is 36.7 Å². The maximum atomic E-state index is 12.5. The molecule has 0 bridgehead atoms. The molecule has 1 atom stereocenters. The van der Waals surface area contributed by atoms with Crippen LogP contribution in [0.1, 0.15) is 22.8 Å². The van der Waals surface area contributed by atoms with E-state index in [1.54, 1.807) is 17.1 Å². The van der Waals surface area contributed by atoms with Gasteiger partial charge in [-0.05, 0) is 18.6 Å². The van der Waals surface area contributed by atoms with Crippen LogP contribution in [-0.4, -0.2) is 46.4 Å². The summed E-state index contributed by atoms with van der Waals surface area (Å²) in [5.74, 6) is 0.000517. The molecular formula is C16H18ClN3O2. The van der Waals surface area contributed by atoms with Crippen molar-refractivity contribution in [2.75, 3.05) is 19.7 Å². The molecular weight excluding hydrogens is 302 g/mol. The Hall–Kier alpha value is -1.85. The van der Waals surface area contributed by atoms with Gasteiger partial charge in [0.2, 0.25) is 0 Å². The molecule has 6 heteroatoms. The smallest absolute Gasteiger partial charge is 0.257 e. The molecule has 0 aliphatic carbocycles. The molecule has 22 heavy (non-hydrogen) atoms. The fourth-order valence-corrected chi connectivity index (χ4v) is 2.74. The summed E-state index contributed by atoms with van der Waals surface area (Å²) in [6.07, 6.45) is 3.46. The Bertz CT molecular complexity index is 671. The van der Waals surface area contributed by atoms with E-state index in [9.17, 15) is 4.79 Å². The first-order chi connectivity index (χ1) is 10.6. The molecule has 1 aliphatic rings. The number of halogens is 1. The molecule has 0 spiro atoms. The molecule has 1 aromatic heterocycles. The van der Waals surface area contributed by atoms with Crippen LogP contribution in [0, 0.1) is 0 Å². The first-order valence-electron chi connectivity index (χ1n) is 7.30. The Kier molecular flexibility index (Phi) is 4.45. The number of carbonyl (C=O) groups is 1. The van der Waals surface area contributed by atoms with Crippen molar-refractivity contribution in [1.29, 1.82) is 0 Å². The van der Waals surface area contributed by atoms with Crippen LogP contribution in [0.3, 0.4) is 0 Å². The number of benzene rings is 1. The SMILES string of the molecule is C[C@H]1CN(C(=O)c2cnn(Cc3ccccc3Cl)c2)CCO1. The van der Waals surface area contributed by atoms with Crippen molar-refractivity contribution in [2.24, 2.45) is 0 Å². The number of amides is 1. The zero-order valence-corrected chi connectivity index (χ0v) is 13.2. The fraction of sp³-hybridized carbons (Fsp3) is 0.375. The van der Waals surface area contributed by atoms with Crippen molar-refractivity contribution in [3.8, 4) is 0 Å². The lowest BCUT2D eigenvalue weighted by molar-refractivity contribution is -0.0124. The number of rotatable bonds is 3. The predicted octanol–water partition coefficient (Wildman–Crippen LogP) is 2.45. The molecule has 1 aromatic carbocycles. The van der Waals surface area contributed by atoms with Gasteiger partial charge in [0.1, 0.15) is 0 Å². The van der Waals surface area contributed by atoms with Crippen LogP contribution in [0.2, 0.25) is 5.02 Å². The Balaban J connectivity index is 1.71. The lowest BCUT2D eigenvalue weighted by Gasteiger charge is -2.30. The van der Waals surface area contributed by atoms with Gasteiger partial charge in [-0.25, -0.2) is 0 Å². The average Bonchev–Trinajstić information content (AvgIpc) is 2.97. The second-order valence-corrected chi connectivity index (χ2v) is 5.86. The highest BCUT2D eigenvalue weighted by Crippen LogP contribution is 2.16. The first-order valence-corrected chi connectivity index (χ1v) is 7.68. The minimum atomic E-state index is 0.000517. The summed E-state index contributed by atoms with van der Waals surface area (Å²) in [5.41, 5.74) is 1.58. The van der Waals surface area contributed by atoms with Crippen LogP contribution in [-0.2, 0) is 11.3 Å². The van der Waals surface area contributed by atoms with Gasteiger partial charge in [0.15, 0.2) is 0 Å². The van der Waals surface area contributed by atoms with Crippen molar-refractivity contribution >= 4 is 17.5 Å². The minimum absolute atomic E-state index is 0.000517. The third-order valence-electron chi connectivity index (χ3n) is 3.70. The van der Waals surface area contributed by atoms with Crippen LogP contribution in [0.25, 0.3) is 0 Å². The number of ether oxygens (including phenoxy) is 1. The summed E-state index contributed by atoms with van der Waals surface area (Å²) in [6.45, 7) is 4.35. The third kappa shape index (κ3) is 3.31. The topological polar surface area (TPSA) is 47.4 Å². The van der Waals surface area contributed by atoms with Crippen molar-refractivity contribution in [3.05, 3.63) is 52.8 Å². The number of morpholine rings is 1. The standard InChI is InChI=1S/C16H18ClN3O2/c1-12-9-19(6-7-22-12)16(21)14-8-18-20(11-14)10-13-4-2-3-5-15(13)17/h2-5,8,11-12H,6-7,9-10H2,1H3/t12-/m0/s1. The maximum absolute atomic E-state index is 12.5. The average molecular weight is 320 g/mol. The van der Waals surface area contributed by atoms with Gasteiger partial charge in [-0.15, -0.1) is 0 Å². The van der Waals surface area contributed by atoms with Gasteiger partial charge >= 0.3 is 0 Å². The molecule has 116 valence electrons. The summed E-state index contributed by atoms with van der Waals surface area (Å²) in [6, 6.07) is 7.63. The molecule has 0 saturated carbocycles. The van der Waals surface area contributed by atoms with E-state index in [0.717, 1.165) is 5.56 Å². The third-order valence-corrected chi connectivity index (χ3v) is 4.07. The second-order valence-electron chi connectivity index (χ2n) is 5.45. The van der Waals surface area contributed by atoms with Gasteiger partial charge in [-0.2, -0.15) is 5.10 Å². The molecule has 1 amide bonds. The fourth-order valence-electron chi connectivity index (χ4n) is 2.55. The summed E-state index contributed by atoms with van der Waals surface area (Å²) in [7, 11) is 0. The van der Waals surface area contributed by atoms with E-state index in [4.69, 9.17) is 16.3 Å². The highest BCUT2D eigenvalue weighted by atomic mass is 35.5. The molecule has 1 saturated heterocycles. The number of nitrogens with zero attached hydrogens (tertiary/aromatic N) is 3. The summed E-state index contributed by atoms with van der Waals surface area (Å²) < 4.78 is 7.20. The van der Waals surface area contributed by atoms with Crippen LogP contribution in [0.5, 0.6) is 0 Å². The Morgan fingerprint density at radius 2 is 2.27 bits per heavy atom. The first kappa shape index (κ1) is 15.1. The normalized spacial score (nSPS) is 18.5. The number of hydrogen-bond donors (Lipinski definition) is 0. The molecule has 0 unspecified atom stereocenters. The molecule has 1 aliphatic heterocycles. The van der Waals surface area contributed by atoms with E-state index in [0.29, 0.717) is 36.8 Å². The van der Waals surface area contributed by atoms with Crippen LogP contribution >= 0.6 is 11.6 Å². The predicted molar refractivity (Wildman–Crippen MR) is 84.1 cm³/mol. The molecule has 2 aromatic rings. The Morgan fingerprint density at radius 1 is 1.45 bits per heavy atom. The monoisotopic (exact) mass is 319 g/mol. The zero-order chi connectivity index (χ0) is 15.5. The maximum Gasteiger partial charge on any atom is 0.257 e. The number of hydrogen-bond acceptors (Lipinski definition) is 3. The highest BCUT2D eigenvalue weighted by molar-refractivity contribution is 6.31. The largest absolute Gasteiger partial charge is 0.375 e. The Morgan fingerprint density at radius 3 is 3.05 bits per heavy atom. The molecule has 0 radical (unpaired) electrons. The van der Waals surface area contributed by atoms with E-state index >= 15 is 0 Å². The molecule has 1 fully saturated rings. The molecule has 0 N–H and O–H groups in total. The van der Waals surface area contributed by atoms with Crippen LogP contribution in [0.4, 0.5) is 0 Å². The van der Waals surface area contributed by atoms with Crippen molar-refractivity contribution in [2.45, 2.75) is 19.6 Å². The van der Waals surface area contributed by atoms with E-state index in [1.165, 1.54) is 0 Å². The van der Waals surface area contributed by atoms with E-state index in [1.807, 2.05) is 36.1 Å². The quantitative estimate of drug-likeness (QED) is 0.873. The highest BCUT2D eigenvalue weighted by Gasteiger charge is 2.23. The van der Waals surface area contributed by atoms with Gasteiger partial charge in [-0.1, -0.05) is 29.8 Å². The van der Waals surface area contributed by atoms with Gasteiger partial charge in [0.25, 0.3) is 5.91 Å². The van der Waals surface area contributed by atoms with Gasteiger partial charge in [-0.3, -0.25) is 9.48 Å². The summed E-state index contributed by atoms with van der Waals surface area (Å²) in [4.78, 5) is 14.3.